The van der Waals surface area contributed by atoms with E-state index in [9.17, 15) is 8.42 Å². The van der Waals surface area contributed by atoms with E-state index in [1.54, 1.807) is 11.7 Å². The number of benzene rings is 1. The van der Waals surface area contributed by atoms with E-state index in [2.05, 4.69) is 5.10 Å². The lowest BCUT2D eigenvalue weighted by Crippen LogP contribution is -2.28. The van der Waals surface area contributed by atoms with Crippen LogP contribution in [-0.2, 0) is 23.6 Å². The highest BCUT2D eigenvalue weighted by molar-refractivity contribution is 7.89. The molecule has 1 aromatic carbocycles. The van der Waals surface area contributed by atoms with Crippen LogP contribution in [0.25, 0.3) is 0 Å². The van der Waals surface area contributed by atoms with Gasteiger partial charge in [-0.25, -0.2) is 8.42 Å². The van der Waals surface area contributed by atoms with E-state index < -0.39 is 10.0 Å². The molecule has 0 unspecified atom stereocenters. The Kier molecular flexibility index (Phi) is 4.93. The minimum absolute atomic E-state index is 0.312. The van der Waals surface area contributed by atoms with Crippen LogP contribution < -0.4 is 0 Å². The van der Waals surface area contributed by atoms with Crippen molar-refractivity contribution in [1.29, 1.82) is 0 Å². The van der Waals surface area contributed by atoms with Crippen molar-refractivity contribution in [3.8, 4) is 0 Å². The van der Waals surface area contributed by atoms with Gasteiger partial charge in [0.05, 0.1) is 10.6 Å². The minimum atomic E-state index is -3.57. The number of aromatic nitrogens is 2. The van der Waals surface area contributed by atoms with Gasteiger partial charge in [0.2, 0.25) is 10.0 Å². The molecule has 0 amide bonds. The number of rotatable bonds is 4. The third kappa shape index (κ3) is 3.00. The first-order valence-electron chi connectivity index (χ1n) is 8.00. The average Bonchev–Trinajstić information content (AvgIpc) is 2.80. The first kappa shape index (κ1) is 18.7. The molecule has 0 fully saturated rings. The summed E-state index contributed by atoms with van der Waals surface area (Å²) in [5.74, 6) is 0. The van der Waals surface area contributed by atoms with Crippen LogP contribution in [0.1, 0.15) is 39.1 Å². The van der Waals surface area contributed by atoms with Gasteiger partial charge in [-0.3, -0.25) is 4.68 Å². The molecule has 0 aliphatic carbocycles. The lowest BCUT2D eigenvalue weighted by Gasteiger charge is -2.23. The van der Waals surface area contributed by atoms with Gasteiger partial charge in [0.1, 0.15) is 0 Å². The van der Waals surface area contributed by atoms with Crippen LogP contribution in [0.4, 0.5) is 0 Å². The molecule has 2 rings (SSSR count). The van der Waals surface area contributed by atoms with Gasteiger partial charge in [-0.2, -0.15) is 9.40 Å². The van der Waals surface area contributed by atoms with Crippen LogP contribution in [0.2, 0.25) is 0 Å². The van der Waals surface area contributed by atoms with Gasteiger partial charge in [-0.05, 0) is 69.4 Å². The molecule has 0 spiro atoms. The van der Waals surface area contributed by atoms with E-state index in [0.29, 0.717) is 11.4 Å². The number of hydrogen-bond donors (Lipinski definition) is 0. The molecule has 0 bridgehead atoms. The van der Waals surface area contributed by atoms with Crippen LogP contribution in [-0.4, -0.2) is 29.6 Å². The molecular weight excluding hydrogens is 322 g/mol. The minimum Gasteiger partial charge on any atom is -0.275 e. The lowest BCUT2D eigenvalue weighted by molar-refractivity contribution is 0.464. The monoisotopic (exact) mass is 349 g/mol. The van der Waals surface area contributed by atoms with Crippen molar-refractivity contribution in [3.05, 3.63) is 45.3 Å². The summed E-state index contributed by atoms with van der Waals surface area (Å²) in [6.45, 7) is 12.0. The third-order valence-electron chi connectivity index (χ3n) is 5.11. The summed E-state index contributed by atoms with van der Waals surface area (Å²) in [6.07, 6.45) is 1.87. The van der Waals surface area contributed by atoms with Crippen molar-refractivity contribution < 1.29 is 8.42 Å². The largest absolute Gasteiger partial charge is 0.275 e. The number of hydrogen-bond acceptors (Lipinski definition) is 3. The lowest BCUT2D eigenvalue weighted by atomic mass is 9.95. The molecule has 0 aliphatic rings. The van der Waals surface area contributed by atoms with Gasteiger partial charge in [-0.1, -0.05) is 0 Å². The quantitative estimate of drug-likeness (QED) is 0.852. The maximum Gasteiger partial charge on any atom is 0.243 e. The topological polar surface area (TPSA) is 55.2 Å². The second-order valence-electron chi connectivity index (χ2n) is 6.63. The van der Waals surface area contributed by atoms with E-state index in [-0.39, 0.29) is 0 Å². The Morgan fingerprint density at radius 2 is 1.42 bits per heavy atom. The Labute approximate surface area is 145 Å². The Bertz CT molecular complexity index is 866. The normalized spacial score (nSPS) is 12.2. The highest BCUT2D eigenvalue weighted by Gasteiger charge is 2.28. The van der Waals surface area contributed by atoms with Gasteiger partial charge in [0.15, 0.2) is 0 Å². The SMILES string of the molecule is Cc1nn(C)cc1CN(C)S(=O)(=O)c1c(C)c(C)c(C)c(C)c1C. The van der Waals surface area contributed by atoms with E-state index in [1.807, 2.05) is 54.8 Å². The molecule has 6 heteroatoms. The fourth-order valence-corrected chi connectivity index (χ4v) is 4.84. The predicted octanol–water partition coefficient (Wildman–Crippen LogP) is 3.09. The molecule has 0 aliphatic heterocycles. The second kappa shape index (κ2) is 6.33. The van der Waals surface area contributed by atoms with Crippen LogP contribution in [0.15, 0.2) is 11.1 Å². The van der Waals surface area contributed by atoms with Crippen LogP contribution >= 0.6 is 0 Å². The van der Waals surface area contributed by atoms with Gasteiger partial charge in [-0.15, -0.1) is 0 Å². The van der Waals surface area contributed by atoms with E-state index >= 15 is 0 Å². The molecule has 0 saturated carbocycles. The summed E-state index contributed by atoms with van der Waals surface area (Å²) in [5, 5.41) is 4.29. The van der Waals surface area contributed by atoms with Gasteiger partial charge < -0.3 is 0 Å². The highest BCUT2D eigenvalue weighted by Crippen LogP contribution is 2.31. The Morgan fingerprint density at radius 3 is 1.83 bits per heavy atom. The second-order valence-corrected chi connectivity index (χ2v) is 8.61. The molecule has 24 heavy (non-hydrogen) atoms. The van der Waals surface area contributed by atoms with E-state index in [0.717, 1.165) is 39.1 Å². The molecule has 2 aromatic rings. The molecule has 1 heterocycles. The van der Waals surface area contributed by atoms with Crippen molar-refractivity contribution >= 4 is 10.0 Å². The zero-order chi connectivity index (χ0) is 18.4. The molecule has 0 N–H and O–H groups in total. The maximum atomic E-state index is 13.2. The Balaban J connectivity index is 2.53. The fraction of sp³-hybridized carbons (Fsp3) is 0.500. The molecule has 0 radical (unpaired) electrons. The molecule has 1 aromatic heterocycles. The number of aryl methyl sites for hydroxylation is 2. The first-order valence-corrected chi connectivity index (χ1v) is 9.44. The third-order valence-corrected chi connectivity index (χ3v) is 7.19. The maximum absolute atomic E-state index is 13.2. The summed E-state index contributed by atoms with van der Waals surface area (Å²) >= 11 is 0. The zero-order valence-corrected chi connectivity index (χ0v) is 16.7. The van der Waals surface area contributed by atoms with E-state index in [1.165, 1.54) is 4.31 Å². The fourth-order valence-electron chi connectivity index (χ4n) is 3.14. The van der Waals surface area contributed by atoms with Crippen molar-refractivity contribution in [1.82, 2.24) is 14.1 Å². The standard InChI is InChI=1S/C18H27N3O2S/c1-11-12(2)14(4)18(15(5)13(11)3)24(22,23)21(8)10-17-9-20(7)19-16(17)6/h9H,10H2,1-8H3. The first-order chi connectivity index (χ1) is 11.0. The summed E-state index contributed by atoms with van der Waals surface area (Å²) in [5.41, 5.74) is 6.69. The molecule has 0 saturated heterocycles. The smallest absolute Gasteiger partial charge is 0.243 e. The van der Waals surface area contributed by atoms with Crippen molar-refractivity contribution in [3.63, 3.8) is 0 Å². The summed E-state index contributed by atoms with van der Waals surface area (Å²) in [6, 6.07) is 0. The Hall–Kier alpha value is -1.66. The van der Waals surface area contributed by atoms with Crippen LogP contribution in [0, 0.1) is 41.5 Å². The van der Waals surface area contributed by atoms with E-state index in [4.69, 9.17) is 0 Å². The zero-order valence-electron chi connectivity index (χ0n) is 15.9. The van der Waals surface area contributed by atoms with Crippen molar-refractivity contribution in [2.24, 2.45) is 7.05 Å². The van der Waals surface area contributed by atoms with Crippen LogP contribution in [0.5, 0.6) is 0 Å². The van der Waals surface area contributed by atoms with Crippen molar-refractivity contribution in [2.75, 3.05) is 7.05 Å². The van der Waals surface area contributed by atoms with Crippen molar-refractivity contribution in [2.45, 2.75) is 53.0 Å². The number of nitrogens with zero attached hydrogens (tertiary/aromatic N) is 3. The summed E-state index contributed by atoms with van der Waals surface area (Å²) in [4.78, 5) is 0.437. The van der Waals surface area contributed by atoms with Crippen LogP contribution in [0.3, 0.4) is 0 Å². The molecule has 132 valence electrons. The Morgan fingerprint density at radius 1 is 0.958 bits per heavy atom. The van der Waals surface area contributed by atoms with Gasteiger partial charge in [0, 0.05) is 32.4 Å². The summed E-state index contributed by atoms with van der Waals surface area (Å²) < 4.78 is 29.5. The number of sulfonamides is 1. The van der Waals surface area contributed by atoms with Gasteiger partial charge in [0.25, 0.3) is 0 Å². The molecule has 5 nitrogen and oxygen atoms in total. The van der Waals surface area contributed by atoms with Gasteiger partial charge >= 0.3 is 0 Å². The average molecular weight is 350 g/mol. The summed E-state index contributed by atoms with van der Waals surface area (Å²) in [7, 11) is -0.102. The highest BCUT2D eigenvalue weighted by atomic mass is 32.2. The molecule has 0 atom stereocenters. The predicted molar refractivity (Wildman–Crippen MR) is 96.7 cm³/mol. The molecular formula is C18H27N3O2S.